The van der Waals surface area contributed by atoms with E-state index in [4.69, 9.17) is 12.6 Å². The molecule has 1 aliphatic rings. The van der Waals surface area contributed by atoms with Crippen LogP contribution in [0.3, 0.4) is 0 Å². The van der Waals surface area contributed by atoms with Crippen LogP contribution in [0.5, 0.6) is 0 Å². The second-order valence-electron chi connectivity index (χ2n) is 3.23. The fourth-order valence-corrected chi connectivity index (χ4v) is 1.75. The molecule has 65 valence electrons. The van der Waals surface area contributed by atoms with Gasteiger partial charge in [0.05, 0.1) is 7.85 Å². The summed E-state index contributed by atoms with van der Waals surface area (Å²) in [6, 6.07) is -0.188. The van der Waals surface area contributed by atoms with Crippen molar-refractivity contribution >= 4 is 7.85 Å². The minimum Gasteiger partial charge on any atom is -0.417 e. The average molecular weight is 239 g/mol. The molecule has 1 aliphatic heterocycles. The molecule has 3 radical (unpaired) electrons. The molecule has 3 atom stereocenters. The van der Waals surface area contributed by atoms with Gasteiger partial charge in [-0.15, -0.1) is 5.92 Å². The maximum atomic E-state index is 5.65. The third-order valence-electron chi connectivity index (χ3n) is 2.70. The summed E-state index contributed by atoms with van der Waals surface area (Å²) in [6.07, 6.45) is 3.84. The Labute approximate surface area is 102 Å². The fraction of sp³-hybridized carbons (Fsp3) is 0.778. The second kappa shape index (κ2) is 5.12. The normalized spacial score (nSPS) is 40.9. The summed E-state index contributed by atoms with van der Waals surface area (Å²) in [5, 5.41) is 0. The van der Waals surface area contributed by atoms with Crippen LogP contribution in [0.25, 0.3) is 0 Å². The van der Waals surface area contributed by atoms with E-state index in [9.17, 15) is 0 Å². The van der Waals surface area contributed by atoms with Crippen molar-refractivity contribution in [2.24, 2.45) is 5.92 Å². The molecule has 1 heterocycles. The molecule has 0 spiro atoms. The monoisotopic (exact) mass is 239 g/mol. The van der Waals surface area contributed by atoms with Crippen LogP contribution < -0.4 is 0 Å². The van der Waals surface area contributed by atoms with Crippen molar-refractivity contribution in [3.8, 4) is 0 Å². The van der Waals surface area contributed by atoms with Gasteiger partial charge in [-0.2, -0.15) is 6.42 Å². The van der Waals surface area contributed by atoms with Crippen molar-refractivity contribution in [3.05, 3.63) is 13.3 Å². The van der Waals surface area contributed by atoms with E-state index in [2.05, 4.69) is 27.2 Å². The van der Waals surface area contributed by atoms with Crippen LogP contribution in [0.2, 0.25) is 0 Å². The topological polar surface area (TPSA) is 9.23 Å². The standard InChI is InChI=1S/C9H15BO.Y/c1-4-9(5-2)7(3)6-8(10)11-9;/h6-8H,1,4-5H2,2-3H3;/q-2;/t7-,8-,9?;/m1./s1. The van der Waals surface area contributed by atoms with E-state index in [1.165, 1.54) is 0 Å². The van der Waals surface area contributed by atoms with E-state index in [1.54, 1.807) is 0 Å². The van der Waals surface area contributed by atoms with Gasteiger partial charge in [0.1, 0.15) is 0 Å². The number of rotatable bonds is 2. The molecule has 0 aliphatic carbocycles. The first-order valence-corrected chi connectivity index (χ1v) is 4.22. The van der Waals surface area contributed by atoms with Crippen molar-refractivity contribution in [3.63, 3.8) is 0 Å². The van der Waals surface area contributed by atoms with Crippen molar-refractivity contribution in [2.75, 3.05) is 0 Å². The van der Waals surface area contributed by atoms with E-state index < -0.39 is 0 Å². The molecule has 1 saturated heterocycles. The third-order valence-corrected chi connectivity index (χ3v) is 2.70. The summed E-state index contributed by atoms with van der Waals surface area (Å²) in [5.74, 6) is 0.431. The zero-order valence-electron chi connectivity index (χ0n) is 7.92. The third kappa shape index (κ3) is 2.33. The van der Waals surface area contributed by atoms with Gasteiger partial charge in [0, 0.05) is 38.3 Å². The Hall–Kier alpha value is 1.13. The molecule has 0 aromatic rings. The predicted molar refractivity (Wildman–Crippen MR) is 47.1 cm³/mol. The van der Waals surface area contributed by atoms with E-state index >= 15 is 0 Å². The Morgan fingerprint density at radius 2 is 2.25 bits per heavy atom. The van der Waals surface area contributed by atoms with Gasteiger partial charge in [-0.3, -0.25) is 0 Å². The summed E-state index contributed by atoms with van der Waals surface area (Å²) in [7, 11) is 5.65. The first-order valence-electron chi connectivity index (χ1n) is 4.22. The molecule has 0 aromatic heterocycles. The zero-order chi connectivity index (χ0) is 8.48. The number of hydrogen-bond acceptors (Lipinski definition) is 1. The van der Waals surface area contributed by atoms with Crippen LogP contribution >= 0.6 is 0 Å². The van der Waals surface area contributed by atoms with E-state index in [1.807, 2.05) is 0 Å². The molecular weight excluding hydrogens is 224 g/mol. The molecule has 0 aromatic carbocycles. The van der Waals surface area contributed by atoms with Crippen LogP contribution in [-0.4, -0.2) is 19.5 Å². The summed E-state index contributed by atoms with van der Waals surface area (Å²) in [6.45, 7) is 8.15. The molecule has 3 heteroatoms. The maximum absolute atomic E-state index is 5.65. The summed E-state index contributed by atoms with van der Waals surface area (Å²) >= 11 is 0. The van der Waals surface area contributed by atoms with Crippen molar-refractivity contribution in [2.45, 2.75) is 38.3 Å². The van der Waals surface area contributed by atoms with Crippen LogP contribution in [0.15, 0.2) is 0 Å². The Balaban J connectivity index is 0.00000121. The Morgan fingerprint density at radius 3 is 2.42 bits per heavy atom. The second-order valence-corrected chi connectivity index (χ2v) is 3.23. The maximum Gasteiger partial charge on any atom is 0.0625 e. The Morgan fingerprint density at radius 1 is 1.67 bits per heavy atom. The molecule has 1 fully saturated rings. The Bertz CT molecular complexity index is 136. The fourth-order valence-electron chi connectivity index (χ4n) is 1.75. The molecule has 1 rings (SSSR count). The van der Waals surface area contributed by atoms with E-state index in [0.717, 1.165) is 12.8 Å². The first kappa shape index (κ1) is 13.1. The van der Waals surface area contributed by atoms with Crippen molar-refractivity contribution in [1.29, 1.82) is 0 Å². The van der Waals surface area contributed by atoms with E-state index in [-0.39, 0.29) is 44.3 Å². The number of ether oxygens (including phenoxy) is 1. The largest absolute Gasteiger partial charge is 0.417 e. The molecular formula is C9H15BOY-2. The molecule has 1 unspecified atom stereocenters. The number of hydrogen-bond donors (Lipinski definition) is 0. The quantitative estimate of drug-likeness (QED) is 0.526. The van der Waals surface area contributed by atoms with Crippen LogP contribution in [0, 0.1) is 19.3 Å². The van der Waals surface area contributed by atoms with Crippen LogP contribution in [0.1, 0.15) is 26.7 Å². The first-order chi connectivity index (χ1) is 5.14. The molecule has 0 saturated carbocycles. The van der Waals surface area contributed by atoms with Gasteiger partial charge in [0.25, 0.3) is 0 Å². The molecule has 0 bridgehead atoms. The predicted octanol–water partition coefficient (Wildman–Crippen LogP) is 1.72. The zero-order valence-corrected chi connectivity index (χ0v) is 10.8. The summed E-state index contributed by atoms with van der Waals surface area (Å²) in [4.78, 5) is 0. The van der Waals surface area contributed by atoms with Crippen molar-refractivity contribution < 1.29 is 37.4 Å². The van der Waals surface area contributed by atoms with Crippen LogP contribution in [-0.2, 0) is 37.4 Å². The molecule has 1 nitrogen and oxygen atoms in total. The van der Waals surface area contributed by atoms with E-state index in [0.29, 0.717) is 5.92 Å². The van der Waals surface area contributed by atoms with Gasteiger partial charge in [-0.1, -0.05) is 19.9 Å². The minimum atomic E-state index is -0.188. The average Bonchev–Trinajstić information content (AvgIpc) is 2.27. The van der Waals surface area contributed by atoms with Gasteiger partial charge in [0.15, 0.2) is 0 Å². The smallest absolute Gasteiger partial charge is 0.0625 e. The van der Waals surface area contributed by atoms with Gasteiger partial charge in [-0.05, 0) is 6.42 Å². The van der Waals surface area contributed by atoms with Gasteiger partial charge in [-0.25, -0.2) is 0 Å². The van der Waals surface area contributed by atoms with Gasteiger partial charge >= 0.3 is 0 Å². The van der Waals surface area contributed by atoms with Crippen molar-refractivity contribution in [1.82, 2.24) is 0 Å². The Kier molecular flexibility index (Phi) is 5.60. The summed E-state index contributed by atoms with van der Waals surface area (Å²) in [5.41, 5.74) is -0.0839. The molecule has 0 amide bonds. The SMILES string of the molecule is [B][C@H]1[CH-][C@@H](C)C(C[CH2-])(CC)O1.[Y]. The summed E-state index contributed by atoms with van der Waals surface area (Å²) < 4.78 is 5.62. The van der Waals surface area contributed by atoms with Gasteiger partial charge < -0.3 is 18.1 Å². The molecule has 0 N–H and O–H groups in total. The van der Waals surface area contributed by atoms with Crippen LogP contribution in [0.4, 0.5) is 0 Å². The van der Waals surface area contributed by atoms with Gasteiger partial charge in [0.2, 0.25) is 0 Å². The molecule has 12 heavy (non-hydrogen) atoms. The minimum absolute atomic E-state index is 0.